The van der Waals surface area contributed by atoms with E-state index >= 15 is 0 Å². The zero-order valence-electron chi connectivity index (χ0n) is 24.5. The first kappa shape index (κ1) is 30.3. The molecule has 204 valence electrons. The van der Waals surface area contributed by atoms with Crippen LogP contribution >= 0.6 is 0 Å². The van der Waals surface area contributed by atoms with Crippen LogP contribution in [0.3, 0.4) is 0 Å². The van der Waals surface area contributed by atoms with Crippen molar-refractivity contribution >= 4 is 11.8 Å². The molecule has 1 N–H and O–H groups in total. The average molecular weight is 493 g/mol. The smallest absolute Gasteiger partial charge is 0.306 e. The molecule has 5 heteroatoms. The number of Topliss-reactive ketones (excluding diaryl/α,β-unsaturated/α-hetero) is 1. The maximum atomic E-state index is 12.6. The number of hydrogen-bond acceptors (Lipinski definition) is 5. The number of ketones is 1. The van der Waals surface area contributed by atoms with Crippen molar-refractivity contribution in [2.45, 2.75) is 167 Å². The van der Waals surface area contributed by atoms with Crippen LogP contribution in [0.5, 0.6) is 0 Å². The number of ether oxygens (including phenoxy) is 1. The van der Waals surface area contributed by atoms with E-state index in [2.05, 4.69) is 72.7 Å². The first-order chi connectivity index (χ1) is 16.0. The fourth-order valence-corrected chi connectivity index (χ4v) is 7.00. The Morgan fingerprint density at radius 2 is 1.20 bits per heavy atom. The van der Waals surface area contributed by atoms with Gasteiger partial charge in [0.15, 0.2) is 0 Å². The van der Waals surface area contributed by atoms with Gasteiger partial charge in [-0.2, -0.15) is 0 Å². The third-order valence-electron chi connectivity index (χ3n) is 8.45. The first-order valence-corrected chi connectivity index (χ1v) is 14.3. The van der Waals surface area contributed by atoms with E-state index in [4.69, 9.17) is 4.74 Å². The zero-order valence-corrected chi connectivity index (χ0v) is 24.5. The lowest BCUT2D eigenvalue weighted by molar-refractivity contribution is -0.153. The second-order valence-corrected chi connectivity index (χ2v) is 14.2. The molecule has 2 aliphatic heterocycles. The Morgan fingerprint density at radius 3 is 1.71 bits per heavy atom. The van der Waals surface area contributed by atoms with Crippen molar-refractivity contribution in [3.8, 4) is 0 Å². The van der Waals surface area contributed by atoms with Gasteiger partial charge in [0.1, 0.15) is 11.9 Å². The summed E-state index contributed by atoms with van der Waals surface area (Å²) in [7, 11) is 2.22. The molecule has 2 rings (SSSR count). The van der Waals surface area contributed by atoms with Crippen LogP contribution in [0.1, 0.15) is 139 Å². The maximum Gasteiger partial charge on any atom is 0.306 e. The summed E-state index contributed by atoms with van der Waals surface area (Å²) in [5.41, 5.74) is 0.294. The maximum absolute atomic E-state index is 12.6. The molecule has 35 heavy (non-hydrogen) atoms. The van der Waals surface area contributed by atoms with Crippen molar-refractivity contribution in [3.05, 3.63) is 0 Å². The van der Waals surface area contributed by atoms with Gasteiger partial charge in [0.2, 0.25) is 0 Å². The van der Waals surface area contributed by atoms with Gasteiger partial charge in [-0.15, -0.1) is 0 Å². The second-order valence-electron chi connectivity index (χ2n) is 14.2. The van der Waals surface area contributed by atoms with Crippen molar-refractivity contribution < 1.29 is 14.3 Å². The van der Waals surface area contributed by atoms with E-state index in [9.17, 15) is 9.59 Å². The molecule has 0 saturated carbocycles. The molecule has 5 nitrogen and oxygen atoms in total. The van der Waals surface area contributed by atoms with Crippen molar-refractivity contribution in [3.63, 3.8) is 0 Å². The van der Waals surface area contributed by atoms with Crippen LogP contribution in [0.2, 0.25) is 0 Å². The van der Waals surface area contributed by atoms with Crippen molar-refractivity contribution in [1.29, 1.82) is 0 Å². The predicted molar refractivity (Wildman–Crippen MR) is 146 cm³/mol. The fraction of sp³-hybridized carbons (Fsp3) is 0.933. The quantitative estimate of drug-likeness (QED) is 0.239. The Balaban J connectivity index is 1.53. The Labute approximate surface area is 216 Å². The van der Waals surface area contributed by atoms with Crippen LogP contribution < -0.4 is 5.32 Å². The summed E-state index contributed by atoms with van der Waals surface area (Å²) in [6.07, 6.45) is 12.3. The highest BCUT2D eigenvalue weighted by molar-refractivity contribution is 5.78. The fourth-order valence-electron chi connectivity index (χ4n) is 7.00. The number of likely N-dealkylation sites (tertiary alicyclic amines) is 1. The number of nitrogens with one attached hydrogen (secondary N) is 1. The molecule has 0 unspecified atom stereocenters. The van der Waals surface area contributed by atoms with Crippen LogP contribution in [0.4, 0.5) is 0 Å². The molecule has 0 spiro atoms. The van der Waals surface area contributed by atoms with E-state index in [0.717, 1.165) is 77.0 Å². The van der Waals surface area contributed by atoms with Crippen LogP contribution in [0.15, 0.2) is 0 Å². The molecule has 0 aliphatic carbocycles. The van der Waals surface area contributed by atoms with Gasteiger partial charge in [-0.1, -0.05) is 25.7 Å². The lowest BCUT2D eigenvalue weighted by Crippen LogP contribution is -2.59. The van der Waals surface area contributed by atoms with Crippen molar-refractivity contribution in [2.24, 2.45) is 5.92 Å². The van der Waals surface area contributed by atoms with E-state index in [1.807, 2.05) is 0 Å². The van der Waals surface area contributed by atoms with Gasteiger partial charge in [-0.05, 0) is 94.0 Å². The van der Waals surface area contributed by atoms with Gasteiger partial charge >= 0.3 is 5.97 Å². The first-order valence-electron chi connectivity index (χ1n) is 14.3. The molecule has 0 aromatic carbocycles. The number of esters is 1. The molecule has 0 bridgehead atoms. The van der Waals surface area contributed by atoms with Crippen LogP contribution in [0, 0.1) is 5.92 Å². The summed E-state index contributed by atoms with van der Waals surface area (Å²) in [6.45, 7) is 17.9. The van der Waals surface area contributed by atoms with E-state index < -0.39 is 0 Å². The zero-order chi connectivity index (χ0) is 26.5. The summed E-state index contributed by atoms with van der Waals surface area (Å²) < 4.78 is 5.81. The van der Waals surface area contributed by atoms with Gasteiger partial charge in [0.05, 0.1) is 0 Å². The average Bonchev–Trinajstić information content (AvgIpc) is 2.65. The number of rotatable bonds is 12. The molecule has 0 atom stereocenters. The van der Waals surface area contributed by atoms with E-state index in [1.165, 1.54) is 0 Å². The summed E-state index contributed by atoms with van der Waals surface area (Å²) in [5, 5.41) is 3.63. The molecule has 0 aromatic heterocycles. The summed E-state index contributed by atoms with van der Waals surface area (Å²) >= 11 is 0. The van der Waals surface area contributed by atoms with Crippen molar-refractivity contribution in [2.75, 3.05) is 7.05 Å². The normalized spacial score (nSPS) is 24.3. The number of hydrogen-bond donors (Lipinski definition) is 1. The molecular formula is C30H56N2O3. The van der Waals surface area contributed by atoms with Crippen molar-refractivity contribution in [1.82, 2.24) is 10.2 Å². The minimum atomic E-state index is -0.0469. The van der Waals surface area contributed by atoms with E-state index in [0.29, 0.717) is 18.1 Å². The molecule has 0 aromatic rings. The Bertz CT molecular complexity index is 676. The topological polar surface area (TPSA) is 58.6 Å². The molecule has 2 saturated heterocycles. The molecule has 0 radical (unpaired) electrons. The van der Waals surface area contributed by atoms with Gasteiger partial charge in [-0.3, -0.25) is 14.5 Å². The summed E-state index contributed by atoms with van der Waals surface area (Å²) in [5.74, 6) is 0.901. The highest BCUT2D eigenvalue weighted by atomic mass is 16.5. The number of nitrogens with zero attached hydrogens (tertiary/aromatic N) is 1. The Morgan fingerprint density at radius 1 is 0.743 bits per heavy atom. The summed E-state index contributed by atoms with van der Waals surface area (Å²) in [4.78, 5) is 27.4. The van der Waals surface area contributed by atoms with Gasteiger partial charge in [0, 0.05) is 54.3 Å². The van der Waals surface area contributed by atoms with Crippen LogP contribution in [-0.4, -0.2) is 52.0 Å². The van der Waals surface area contributed by atoms with Gasteiger partial charge < -0.3 is 10.1 Å². The monoisotopic (exact) mass is 492 g/mol. The summed E-state index contributed by atoms with van der Waals surface area (Å²) in [6, 6.07) is 0. The standard InChI is InChI=1S/C30H56N2O3/c1-27(2)21-25(22-28(3,4)31-27)35-26(34)17-15-13-11-10-12-14-16-24(33)18-23-19-29(5,6)32(9)30(7,8)20-23/h23,25,31H,10-22H2,1-9H3. The SMILES string of the molecule is CN1C(C)(C)CC(CC(=O)CCCCCCCCC(=O)OC2CC(C)(C)NC(C)(C)C2)CC1(C)C. The van der Waals surface area contributed by atoms with E-state index in [1.54, 1.807) is 0 Å². The van der Waals surface area contributed by atoms with Crippen LogP contribution in [-0.2, 0) is 14.3 Å². The van der Waals surface area contributed by atoms with Gasteiger partial charge in [0.25, 0.3) is 0 Å². The lowest BCUT2D eigenvalue weighted by Gasteiger charge is -2.53. The molecular weight excluding hydrogens is 436 g/mol. The second kappa shape index (κ2) is 12.1. The minimum Gasteiger partial charge on any atom is -0.462 e. The predicted octanol–water partition coefficient (Wildman–Crippen LogP) is 6.82. The minimum absolute atomic E-state index is 0.00558. The third-order valence-corrected chi connectivity index (χ3v) is 8.45. The van der Waals surface area contributed by atoms with E-state index in [-0.39, 0.29) is 34.2 Å². The lowest BCUT2D eigenvalue weighted by atomic mass is 9.72. The molecule has 2 heterocycles. The molecule has 0 amide bonds. The molecule has 2 fully saturated rings. The number of carbonyl (C=O) groups excluding carboxylic acids is 2. The van der Waals surface area contributed by atoms with Gasteiger partial charge in [-0.25, -0.2) is 0 Å². The Kier molecular flexibility index (Phi) is 10.4. The third kappa shape index (κ3) is 10.1. The van der Waals surface area contributed by atoms with Crippen LogP contribution in [0.25, 0.3) is 0 Å². The number of unbranched alkanes of at least 4 members (excludes halogenated alkanes) is 5. The Hall–Kier alpha value is -0.940. The molecule has 2 aliphatic rings. The highest BCUT2D eigenvalue weighted by Gasteiger charge is 2.43. The highest BCUT2D eigenvalue weighted by Crippen LogP contribution is 2.41. The number of piperidine rings is 2. The number of carbonyl (C=O) groups is 2. The largest absolute Gasteiger partial charge is 0.462 e.